The molecule has 6 nitrogen and oxygen atoms in total. The summed E-state index contributed by atoms with van der Waals surface area (Å²) in [5.41, 5.74) is 2.82. The topological polar surface area (TPSA) is 57.9 Å². The molecule has 0 bridgehead atoms. The van der Waals surface area contributed by atoms with Crippen LogP contribution in [0.5, 0.6) is 0 Å². The number of rotatable bonds is 2. The third-order valence-corrected chi connectivity index (χ3v) is 7.92. The normalized spacial score (nSPS) is 19.2. The Labute approximate surface area is 187 Å². The number of hydrogen-bond donors (Lipinski definition) is 0. The van der Waals surface area contributed by atoms with Crippen LogP contribution in [-0.2, 0) is 11.3 Å². The van der Waals surface area contributed by atoms with Gasteiger partial charge in [-0.3, -0.25) is 14.2 Å². The molecule has 1 aromatic heterocycles. The van der Waals surface area contributed by atoms with Crippen LogP contribution in [0.25, 0.3) is 10.6 Å². The molecule has 8 heteroatoms. The molecule has 0 spiro atoms. The van der Waals surface area contributed by atoms with Crippen molar-refractivity contribution in [2.75, 3.05) is 17.0 Å². The molecule has 2 aliphatic rings. The number of nitrogens with zero attached hydrogens (tertiary/aromatic N) is 4. The highest BCUT2D eigenvalue weighted by Crippen LogP contribution is 2.44. The van der Waals surface area contributed by atoms with Crippen molar-refractivity contribution in [2.24, 2.45) is 5.10 Å². The summed E-state index contributed by atoms with van der Waals surface area (Å²) < 4.78 is 2.99. The number of carbonyl (C=O) groups is 1. The van der Waals surface area contributed by atoms with Gasteiger partial charge in [-0.15, -0.1) is 11.3 Å². The van der Waals surface area contributed by atoms with E-state index in [0.717, 1.165) is 15.6 Å². The smallest absolute Gasteiger partial charge is 0.283 e. The van der Waals surface area contributed by atoms with Gasteiger partial charge in [-0.25, -0.2) is 0 Å². The van der Waals surface area contributed by atoms with Crippen molar-refractivity contribution < 1.29 is 4.79 Å². The average Bonchev–Trinajstić information content (AvgIpc) is 3.39. The number of hydrogen-bond acceptors (Lipinski definition) is 6. The van der Waals surface area contributed by atoms with Crippen molar-refractivity contribution >= 4 is 56.7 Å². The molecule has 31 heavy (non-hydrogen) atoms. The highest BCUT2D eigenvalue weighted by molar-refractivity contribution is 8.08. The number of hydrazone groups is 1. The van der Waals surface area contributed by atoms with E-state index in [4.69, 9.17) is 0 Å². The van der Waals surface area contributed by atoms with Gasteiger partial charge in [-0.2, -0.15) is 10.1 Å². The predicted molar refractivity (Wildman–Crippen MR) is 128 cm³/mol. The number of fused-ring (bicyclic) bond motifs is 1. The van der Waals surface area contributed by atoms with E-state index in [1.165, 1.54) is 16.3 Å². The molecule has 0 saturated heterocycles. The first-order valence-electron chi connectivity index (χ1n) is 9.95. The molecule has 1 amide bonds. The summed E-state index contributed by atoms with van der Waals surface area (Å²) in [6, 6.07) is 17.4. The second-order valence-corrected chi connectivity index (χ2v) is 9.26. The van der Waals surface area contributed by atoms with Crippen molar-refractivity contribution in [3.8, 4) is 0 Å². The molecule has 0 unspecified atom stereocenters. The molecule has 5 rings (SSSR count). The van der Waals surface area contributed by atoms with Gasteiger partial charge in [0.15, 0.2) is 0 Å². The van der Waals surface area contributed by atoms with Crippen molar-refractivity contribution in [1.29, 1.82) is 0 Å². The molecule has 0 aliphatic carbocycles. The first-order valence-corrected chi connectivity index (χ1v) is 11.6. The Morgan fingerprint density at radius 3 is 2.42 bits per heavy atom. The molecule has 0 fully saturated rings. The van der Waals surface area contributed by atoms with Crippen LogP contribution >= 0.6 is 23.1 Å². The number of aromatic nitrogens is 1. The highest BCUT2D eigenvalue weighted by atomic mass is 32.2. The van der Waals surface area contributed by atoms with Gasteiger partial charge >= 0.3 is 0 Å². The van der Waals surface area contributed by atoms with Crippen molar-refractivity contribution in [1.82, 2.24) is 4.57 Å². The van der Waals surface area contributed by atoms with Gasteiger partial charge < -0.3 is 4.90 Å². The fourth-order valence-corrected chi connectivity index (χ4v) is 6.42. The van der Waals surface area contributed by atoms with Crippen LogP contribution in [-0.4, -0.2) is 23.2 Å². The van der Waals surface area contributed by atoms with Crippen LogP contribution in [0.15, 0.2) is 69.4 Å². The Morgan fingerprint density at radius 2 is 1.71 bits per heavy atom. The molecule has 0 N–H and O–H groups in total. The monoisotopic (exact) mass is 448 g/mol. The summed E-state index contributed by atoms with van der Waals surface area (Å²) in [4.78, 5) is 29.8. The van der Waals surface area contributed by atoms with Crippen molar-refractivity contribution in [2.45, 2.75) is 25.3 Å². The maximum Gasteiger partial charge on any atom is 0.283 e. The minimum absolute atomic E-state index is 0.0732. The summed E-state index contributed by atoms with van der Waals surface area (Å²) in [5.74, 6) is -0.209. The van der Waals surface area contributed by atoms with Gasteiger partial charge in [-0.05, 0) is 38.1 Å². The lowest BCUT2D eigenvalue weighted by molar-refractivity contribution is -0.112. The standard InChI is InChI=1S/C23H20N4O2S2/c1-4-26-21(29)19(23-25(3)16-12-8-9-13-17(16)30-23)31-22(26)18-14(2)24-27(20(18)28)15-10-6-5-7-11-15/h5-13H,4H2,1-3H3/b22-18+,23-19+. The SMILES string of the molecule is CCn1c(=O)/c(=C2\Sc3ccccc3N2C)s/c1=C1/C(=O)N(c2ccccc2)N=C1C. The van der Waals surface area contributed by atoms with Crippen LogP contribution < -0.4 is 24.7 Å². The Balaban J connectivity index is 1.73. The summed E-state index contributed by atoms with van der Waals surface area (Å²) >= 11 is 2.96. The number of benzene rings is 2. The average molecular weight is 449 g/mol. The van der Waals surface area contributed by atoms with Crippen LogP contribution in [0.1, 0.15) is 13.8 Å². The number of thioether (sulfide) groups is 1. The minimum Gasteiger partial charge on any atom is -0.337 e. The number of para-hydroxylation sites is 2. The number of carbonyl (C=O) groups excluding carboxylic acids is 1. The molecule has 2 aliphatic heterocycles. The lowest BCUT2D eigenvalue weighted by atomic mass is 10.2. The summed E-state index contributed by atoms with van der Waals surface area (Å²) in [7, 11) is 1.97. The largest absolute Gasteiger partial charge is 0.337 e. The molecule has 2 aromatic carbocycles. The van der Waals surface area contributed by atoms with Gasteiger partial charge in [0.05, 0.1) is 22.7 Å². The minimum atomic E-state index is -0.209. The van der Waals surface area contributed by atoms with Crippen molar-refractivity contribution in [3.63, 3.8) is 0 Å². The fraction of sp³-hybridized carbons (Fsp3) is 0.174. The first kappa shape index (κ1) is 19.8. The number of thiazole rings is 1. The van der Waals surface area contributed by atoms with Gasteiger partial charge in [-0.1, -0.05) is 42.1 Å². The Hall–Kier alpha value is -3.10. The van der Waals surface area contributed by atoms with Gasteiger partial charge in [0, 0.05) is 18.5 Å². The van der Waals surface area contributed by atoms with Crippen LogP contribution in [0.2, 0.25) is 0 Å². The Bertz CT molecular complexity index is 1420. The molecule has 156 valence electrons. The van der Waals surface area contributed by atoms with Gasteiger partial charge in [0.2, 0.25) is 0 Å². The maximum atomic E-state index is 13.4. The third kappa shape index (κ3) is 3.05. The lowest BCUT2D eigenvalue weighted by Gasteiger charge is -2.11. The maximum absolute atomic E-state index is 13.4. The van der Waals surface area contributed by atoms with E-state index >= 15 is 0 Å². The lowest BCUT2D eigenvalue weighted by Crippen LogP contribution is -2.35. The Kier molecular flexibility index (Phi) is 4.83. The van der Waals surface area contributed by atoms with E-state index in [2.05, 4.69) is 16.1 Å². The van der Waals surface area contributed by atoms with E-state index in [0.29, 0.717) is 32.7 Å². The first-order chi connectivity index (χ1) is 15.0. The zero-order chi connectivity index (χ0) is 21.7. The zero-order valence-electron chi connectivity index (χ0n) is 17.3. The molecule has 3 heterocycles. The second-order valence-electron chi connectivity index (χ2n) is 7.23. The number of amides is 1. The van der Waals surface area contributed by atoms with E-state index in [-0.39, 0.29) is 11.5 Å². The van der Waals surface area contributed by atoms with Crippen LogP contribution in [0.4, 0.5) is 11.4 Å². The molecule has 0 atom stereocenters. The van der Waals surface area contributed by atoms with E-state index < -0.39 is 0 Å². The number of anilines is 2. The quantitative estimate of drug-likeness (QED) is 0.605. The molecular weight excluding hydrogens is 428 g/mol. The summed E-state index contributed by atoms with van der Waals surface area (Å²) in [5, 5.41) is 6.79. The molecule has 3 aromatic rings. The van der Waals surface area contributed by atoms with Crippen LogP contribution in [0.3, 0.4) is 0 Å². The summed E-state index contributed by atoms with van der Waals surface area (Å²) in [6.07, 6.45) is 0. The highest BCUT2D eigenvalue weighted by Gasteiger charge is 2.32. The second kappa shape index (κ2) is 7.55. The van der Waals surface area contributed by atoms with Gasteiger partial charge in [0.1, 0.15) is 14.2 Å². The van der Waals surface area contributed by atoms with E-state index in [1.54, 1.807) is 16.3 Å². The van der Waals surface area contributed by atoms with E-state index in [9.17, 15) is 9.59 Å². The molecule has 0 radical (unpaired) electrons. The van der Waals surface area contributed by atoms with Crippen molar-refractivity contribution in [3.05, 3.63) is 74.1 Å². The van der Waals surface area contributed by atoms with E-state index in [1.807, 2.05) is 69.4 Å². The van der Waals surface area contributed by atoms with Crippen LogP contribution in [0, 0.1) is 0 Å². The summed E-state index contributed by atoms with van der Waals surface area (Å²) in [6.45, 7) is 4.22. The third-order valence-electron chi connectivity index (χ3n) is 5.36. The van der Waals surface area contributed by atoms with Gasteiger partial charge in [0.25, 0.3) is 11.5 Å². The predicted octanol–water partition coefficient (Wildman–Crippen LogP) is 2.81. The fourth-order valence-electron chi connectivity index (χ4n) is 3.82. The molecule has 0 saturated carbocycles. The molecular formula is C23H20N4O2S2. The zero-order valence-corrected chi connectivity index (χ0v) is 19.0. The Morgan fingerprint density at radius 1 is 1.00 bits per heavy atom.